The van der Waals surface area contributed by atoms with Gasteiger partial charge in [-0.25, -0.2) is 14.6 Å². The van der Waals surface area contributed by atoms with Crippen LogP contribution in [0.15, 0.2) is 30.3 Å². The van der Waals surface area contributed by atoms with Crippen molar-refractivity contribution in [2.24, 2.45) is 0 Å². The molecule has 0 bridgehead atoms. The van der Waals surface area contributed by atoms with Crippen molar-refractivity contribution in [3.05, 3.63) is 52.7 Å². The Kier molecular flexibility index (Phi) is 5.99. The largest absolute Gasteiger partial charge is 0.465 e. The second-order valence-electron chi connectivity index (χ2n) is 7.68. The highest BCUT2D eigenvalue weighted by Gasteiger charge is 2.26. The summed E-state index contributed by atoms with van der Waals surface area (Å²) in [6.07, 6.45) is 6.03. The van der Waals surface area contributed by atoms with Gasteiger partial charge in [-0.2, -0.15) is 0 Å². The summed E-state index contributed by atoms with van der Waals surface area (Å²) in [4.78, 5) is 30.8. The van der Waals surface area contributed by atoms with Crippen LogP contribution >= 0.6 is 0 Å². The maximum atomic E-state index is 12.1. The molecule has 1 fully saturated rings. The van der Waals surface area contributed by atoms with E-state index in [9.17, 15) is 9.59 Å². The fourth-order valence-corrected chi connectivity index (χ4v) is 4.05. The van der Waals surface area contributed by atoms with Gasteiger partial charge >= 0.3 is 11.9 Å². The molecule has 0 atom stereocenters. The Hall–Kier alpha value is -2.93. The van der Waals surface area contributed by atoms with Gasteiger partial charge in [0.25, 0.3) is 0 Å². The molecule has 2 aliphatic rings. The van der Waals surface area contributed by atoms with Crippen molar-refractivity contribution in [2.75, 3.05) is 27.3 Å². The number of hydrogen-bond acceptors (Lipinski definition) is 7. The van der Waals surface area contributed by atoms with Crippen LogP contribution in [0.1, 0.15) is 51.2 Å². The summed E-state index contributed by atoms with van der Waals surface area (Å²) in [5.74, 6) is -0.512. The fourth-order valence-electron chi connectivity index (χ4n) is 4.05. The van der Waals surface area contributed by atoms with Crippen LogP contribution in [-0.4, -0.2) is 55.2 Å². The van der Waals surface area contributed by atoms with Gasteiger partial charge < -0.3 is 14.2 Å². The molecule has 0 spiro atoms. The molecule has 0 unspecified atom stereocenters. The molecular formula is C23H26N2O5. The summed E-state index contributed by atoms with van der Waals surface area (Å²) < 4.78 is 15.4. The Morgan fingerprint density at radius 1 is 0.967 bits per heavy atom. The van der Waals surface area contributed by atoms with Crippen LogP contribution in [0.2, 0.25) is 0 Å². The number of ether oxygens (including phenoxy) is 3. The number of hydrogen-bond donors (Lipinski definition) is 0. The molecule has 0 saturated heterocycles. The Morgan fingerprint density at radius 3 is 2.37 bits per heavy atom. The topological polar surface area (TPSA) is 78.0 Å². The summed E-state index contributed by atoms with van der Waals surface area (Å²) in [5.41, 5.74) is 2.55. The second kappa shape index (κ2) is 8.83. The van der Waals surface area contributed by atoms with Gasteiger partial charge in [0.2, 0.25) is 5.88 Å². The van der Waals surface area contributed by atoms with E-state index >= 15 is 0 Å². The maximum absolute atomic E-state index is 12.1. The summed E-state index contributed by atoms with van der Waals surface area (Å²) in [7, 11) is 2.48. The Bertz CT molecular complexity index is 955. The molecule has 1 saturated carbocycles. The monoisotopic (exact) mass is 410 g/mol. The van der Waals surface area contributed by atoms with E-state index in [2.05, 4.69) is 16.0 Å². The number of pyridine rings is 1. The molecule has 158 valence electrons. The minimum absolute atomic E-state index is 0.0368. The molecule has 1 aliphatic heterocycles. The van der Waals surface area contributed by atoms with Crippen LogP contribution in [0, 0.1) is 0 Å². The van der Waals surface area contributed by atoms with Crippen molar-refractivity contribution in [3.63, 3.8) is 0 Å². The highest BCUT2D eigenvalue weighted by molar-refractivity contribution is 6.01. The first-order valence-corrected chi connectivity index (χ1v) is 10.3. The maximum Gasteiger partial charge on any atom is 0.357 e. The number of methoxy groups -OCH3 is 2. The van der Waals surface area contributed by atoms with E-state index in [0.717, 1.165) is 32.0 Å². The minimum atomic E-state index is -0.723. The highest BCUT2D eigenvalue weighted by Crippen LogP contribution is 2.30. The Balaban J connectivity index is 1.53. The third-order valence-corrected chi connectivity index (χ3v) is 5.98. The van der Waals surface area contributed by atoms with Crippen LogP contribution in [0.4, 0.5) is 0 Å². The third-order valence-electron chi connectivity index (χ3n) is 5.98. The quantitative estimate of drug-likeness (QED) is 0.699. The second-order valence-corrected chi connectivity index (χ2v) is 7.68. The lowest BCUT2D eigenvalue weighted by atomic mass is 9.91. The van der Waals surface area contributed by atoms with Crippen molar-refractivity contribution in [1.29, 1.82) is 0 Å². The lowest BCUT2D eigenvalue weighted by Crippen LogP contribution is -2.41. The zero-order chi connectivity index (χ0) is 21.1. The van der Waals surface area contributed by atoms with Gasteiger partial charge in [0.15, 0.2) is 5.69 Å². The Labute approximate surface area is 175 Å². The third kappa shape index (κ3) is 4.16. The smallest absolute Gasteiger partial charge is 0.357 e. The van der Waals surface area contributed by atoms with E-state index in [4.69, 9.17) is 14.2 Å². The summed E-state index contributed by atoms with van der Waals surface area (Å²) in [5, 5.41) is 0. The summed E-state index contributed by atoms with van der Waals surface area (Å²) in [6, 6.07) is 9.84. The number of carbonyl (C=O) groups excluding carboxylic acids is 2. The average molecular weight is 410 g/mol. The number of carbonyl (C=O) groups is 2. The Morgan fingerprint density at radius 2 is 1.70 bits per heavy atom. The summed E-state index contributed by atoms with van der Waals surface area (Å²) in [6.45, 7) is 2.18. The molecule has 4 rings (SSSR count). The molecule has 7 nitrogen and oxygen atoms in total. The van der Waals surface area contributed by atoms with Crippen molar-refractivity contribution in [2.45, 2.75) is 38.1 Å². The van der Waals surface area contributed by atoms with Gasteiger partial charge in [-0.15, -0.1) is 0 Å². The number of esters is 2. The molecule has 7 heteroatoms. The molecule has 30 heavy (non-hydrogen) atoms. The number of nitrogens with zero attached hydrogens (tertiary/aromatic N) is 2. The predicted molar refractivity (Wildman–Crippen MR) is 110 cm³/mol. The molecule has 0 radical (unpaired) electrons. The molecule has 2 heterocycles. The fraction of sp³-hybridized carbons (Fsp3) is 0.435. The molecule has 2 aromatic rings. The molecule has 1 aliphatic carbocycles. The molecule has 0 N–H and O–H groups in total. The lowest BCUT2D eigenvalue weighted by Gasteiger charge is -2.36. The molecule has 1 aromatic heterocycles. The van der Waals surface area contributed by atoms with Crippen LogP contribution in [-0.2, 0) is 22.3 Å². The zero-order valence-corrected chi connectivity index (χ0v) is 17.3. The number of fused-ring (bicyclic) bond motifs is 1. The van der Waals surface area contributed by atoms with E-state index in [1.54, 1.807) is 6.07 Å². The van der Waals surface area contributed by atoms with Gasteiger partial charge in [-0.3, -0.25) is 4.90 Å². The van der Waals surface area contributed by atoms with Gasteiger partial charge in [0, 0.05) is 25.2 Å². The molecular weight excluding hydrogens is 384 g/mol. The number of benzene rings is 1. The minimum Gasteiger partial charge on any atom is -0.465 e. The number of rotatable bonds is 5. The van der Waals surface area contributed by atoms with E-state index < -0.39 is 11.9 Å². The zero-order valence-electron chi connectivity index (χ0n) is 17.3. The van der Waals surface area contributed by atoms with E-state index in [0.29, 0.717) is 5.75 Å². The van der Waals surface area contributed by atoms with Gasteiger partial charge in [-0.1, -0.05) is 12.5 Å². The standard InChI is InChI=1S/C23H26N2O5/c1-28-22(26)19-8-9-20(24-21(19)23(27)29-2)30-18-7-6-15-10-12-25(17-4-3-5-17)13-11-16(15)14-18/h6-9,14,17H,3-5,10-13H2,1-2H3. The number of aromatic nitrogens is 1. The molecule has 0 amide bonds. The molecule has 1 aromatic carbocycles. The van der Waals surface area contributed by atoms with E-state index in [1.807, 2.05) is 12.1 Å². The van der Waals surface area contributed by atoms with Crippen molar-refractivity contribution in [3.8, 4) is 11.6 Å². The summed E-state index contributed by atoms with van der Waals surface area (Å²) >= 11 is 0. The van der Waals surface area contributed by atoms with Crippen LogP contribution in [0.25, 0.3) is 0 Å². The van der Waals surface area contributed by atoms with Crippen LogP contribution in [0.3, 0.4) is 0 Å². The van der Waals surface area contributed by atoms with E-state index in [-0.39, 0.29) is 17.1 Å². The average Bonchev–Trinajstić information content (AvgIpc) is 2.94. The van der Waals surface area contributed by atoms with E-state index in [1.165, 1.54) is 50.7 Å². The van der Waals surface area contributed by atoms with Crippen molar-refractivity contribution in [1.82, 2.24) is 9.88 Å². The highest BCUT2D eigenvalue weighted by atomic mass is 16.5. The van der Waals surface area contributed by atoms with Crippen molar-refractivity contribution >= 4 is 11.9 Å². The van der Waals surface area contributed by atoms with Gasteiger partial charge in [0.05, 0.1) is 19.8 Å². The van der Waals surface area contributed by atoms with Crippen LogP contribution in [0.5, 0.6) is 11.6 Å². The SMILES string of the molecule is COC(=O)c1ccc(Oc2ccc3c(c2)CCN(C2CCC2)CC3)nc1C(=O)OC. The first-order valence-electron chi connectivity index (χ1n) is 10.3. The first kappa shape index (κ1) is 20.3. The normalized spacial score (nSPS) is 16.7. The van der Waals surface area contributed by atoms with Gasteiger partial charge in [0.1, 0.15) is 5.75 Å². The lowest BCUT2D eigenvalue weighted by molar-refractivity contribution is 0.0549. The van der Waals surface area contributed by atoms with Gasteiger partial charge in [-0.05, 0) is 55.0 Å². The first-order chi connectivity index (χ1) is 14.6. The van der Waals surface area contributed by atoms with Crippen LogP contribution < -0.4 is 4.74 Å². The van der Waals surface area contributed by atoms with Crippen molar-refractivity contribution < 1.29 is 23.8 Å². The predicted octanol–water partition coefficient (Wildman–Crippen LogP) is 3.40.